The highest BCUT2D eigenvalue weighted by Gasteiger charge is 2.18. The lowest BCUT2D eigenvalue weighted by atomic mass is 10.1. The van der Waals surface area contributed by atoms with Crippen LogP contribution in [0.1, 0.15) is 29.6 Å². The van der Waals surface area contributed by atoms with Crippen LogP contribution in [0.3, 0.4) is 0 Å². The van der Waals surface area contributed by atoms with Crippen LogP contribution in [-0.4, -0.2) is 28.2 Å². The number of benzene rings is 1. The van der Waals surface area contributed by atoms with E-state index in [4.69, 9.17) is 9.51 Å². The smallest absolute Gasteiger partial charge is 0.269 e. The number of halogens is 1. The van der Waals surface area contributed by atoms with Crippen molar-refractivity contribution in [2.75, 3.05) is 7.05 Å². The minimum absolute atomic E-state index is 0. The van der Waals surface area contributed by atoms with Crippen LogP contribution < -0.4 is 5.32 Å². The Morgan fingerprint density at radius 3 is 2.64 bits per heavy atom. The fourth-order valence-corrected chi connectivity index (χ4v) is 3.65. The molecule has 3 aromatic rings. The first-order valence-electron chi connectivity index (χ1n) is 8.03. The van der Waals surface area contributed by atoms with Crippen molar-refractivity contribution in [3.63, 3.8) is 0 Å². The molecule has 25 heavy (non-hydrogen) atoms. The van der Waals surface area contributed by atoms with E-state index in [1.165, 1.54) is 11.1 Å². The van der Waals surface area contributed by atoms with Crippen molar-refractivity contribution in [2.45, 2.75) is 40.2 Å². The van der Waals surface area contributed by atoms with E-state index in [0.717, 1.165) is 27.6 Å². The Labute approximate surface area is 158 Å². The highest BCUT2D eigenvalue weighted by molar-refractivity contribution is 7.18. The van der Waals surface area contributed by atoms with E-state index in [1.54, 1.807) is 11.3 Å². The van der Waals surface area contributed by atoms with Gasteiger partial charge in [-0.05, 0) is 40.3 Å². The molecule has 2 aromatic heterocycles. The standard InChI is InChI=1S/C18H22N4OS.ClH/c1-10-6-7-14(11(2)8-10)18-20-13(4)16(24-18)17-21-15(22-23-17)9-12(3)19-5;/h6-8,12,19H,9H2,1-5H3;1H. The van der Waals surface area contributed by atoms with Crippen LogP contribution in [0.5, 0.6) is 0 Å². The van der Waals surface area contributed by atoms with Gasteiger partial charge in [0.05, 0.1) is 5.69 Å². The summed E-state index contributed by atoms with van der Waals surface area (Å²) in [6, 6.07) is 6.72. The van der Waals surface area contributed by atoms with Gasteiger partial charge in [-0.1, -0.05) is 28.9 Å². The molecule has 0 radical (unpaired) electrons. The number of hydrogen-bond donors (Lipinski definition) is 1. The van der Waals surface area contributed by atoms with Gasteiger partial charge in [-0.2, -0.15) is 4.98 Å². The Morgan fingerprint density at radius 2 is 1.96 bits per heavy atom. The molecule has 0 fully saturated rings. The number of aryl methyl sites for hydroxylation is 3. The normalized spacial score (nSPS) is 12.0. The van der Waals surface area contributed by atoms with E-state index in [0.29, 0.717) is 17.8 Å². The summed E-state index contributed by atoms with van der Waals surface area (Å²) in [5.74, 6) is 1.27. The van der Waals surface area contributed by atoms with Crippen molar-refractivity contribution in [2.24, 2.45) is 0 Å². The second-order valence-electron chi connectivity index (χ2n) is 6.16. The molecule has 1 unspecified atom stereocenters. The van der Waals surface area contributed by atoms with Crippen LogP contribution >= 0.6 is 23.7 Å². The molecule has 134 valence electrons. The summed E-state index contributed by atoms with van der Waals surface area (Å²) in [6.07, 6.45) is 0.738. The average Bonchev–Trinajstić information content (AvgIpc) is 3.13. The van der Waals surface area contributed by atoms with Crippen LogP contribution in [0.25, 0.3) is 21.3 Å². The van der Waals surface area contributed by atoms with Crippen LogP contribution in [-0.2, 0) is 6.42 Å². The number of thiazole rings is 1. The first-order chi connectivity index (χ1) is 11.5. The maximum Gasteiger partial charge on any atom is 0.269 e. The Balaban J connectivity index is 0.00000225. The zero-order chi connectivity index (χ0) is 17.3. The third-order valence-corrected chi connectivity index (χ3v) is 5.23. The molecule has 0 saturated heterocycles. The van der Waals surface area contributed by atoms with Crippen LogP contribution in [0.15, 0.2) is 22.7 Å². The molecule has 7 heteroatoms. The van der Waals surface area contributed by atoms with Crippen LogP contribution in [0.2, 0.25) is 0 Å². The van der Waals surface area contributed by atoms with Gasteiger partial charge in [0.2, 0.25) is 0 Å². The van der Waals surface area contributed by atoms with Crippen LogP contribution in [0, 0.1) is 20.8 Å². The SMILES string of the molecule is CNC(C)Cc1noc(-c2sc(-c3ccc(C)cc3C)nc2C)n1.Cl. The summed E-state index contributed by atoms with van der Waals surface area (Å²) >= 11 is 1.60. The molecule has 2 heterocycles. The summed E-state index contributed by atoms with van der Waals surface area (Å²) in [6.45, 7) is 8.29. The lowest BCUT2D eigenvalue weighted by Gasteiger charge is -2.04. The topological polar surface area (TPSA) is 63.8 Å². The molecule has 0 spiro atoms. The van der Waals surface area contributed by atoms with Gasteiger partial charge >= 0.3 is 0 Å². The number of nitrogens with one attached hydrogen (secondary N) is 1. The third kappa shape index (κ3) is 4.26. The minimum atomic E-state index is 0. The van der Waals surface area contributed by atoms with Crippen molar-refractivity contribution in [1.29, 1.82) is 0 Å². The Bertz CT molecular complexity index is 859. The van der Waals surface area contributed by atoms with Gasteiger partial charge in [-0.25, -0.2) is 4.98 Å². The molecule has 1 N–H and O–H groups in total. The number of hydrogen-bond acceptors (Lipinski definition) is 6. The number of likely N-dealkylation sites (N-methyl/N-ethyl adjacent to an activating group) is 1. The largest absolute Gasteiger partial charge is 0.333 e. The van der Waals surface area contributed by atoms with Crippen molar-refractivity contribution in [3.8, 4) is 21.3 Å². The monoisotopic (exact) mass is 378 g/mol. The molecule has 0 saturated carbocycles. The number of nitrogens with zero attached hydrogens (tertiary/aromatic N) is 3. The van der Waals surface area contributed by atoms with Gasteiger partial charge in [0.1, 0.15) is 9.88 Å². The Morgan fingerprint density at radius 1 is 1.20 bits per heavy atom. The number of rotatable bonds is 5. The highest BCUT2D eigenvalue weighted by atomic mass is 35.5. The van der Waals surface area contributed by atoms with Gasteiger partial charge in [0.15, 0.2) is 5.82 Å². The Kier molecular flexibility index (Phi) is 6.32. The summed E-state index contributed by atoms with van der Waals surface area (Å²) < 4.78 is 5.46. The first kappa shape index (κ1) is 19.6. The molecule has 3 rings (SSSR count). The maximum atomic E-state index is 5.46. The highest BCUT2D eigenvalue weighted by Crippen LogP contribution is 2.35. The van der Waals surface area contributed by atoms with E-state index >= 15 is 0 Å². The fraction of sp³-hybridized carbons (Fsp3) is 0.389. The van der Waals surface area contributed by atoms with Crippen LogP contribution in [0.4, 0.5) is 0 Å². The Hall–Kier alpha value is -1.76. The second kappa shape index (κ2) is 8.08. The van der Waals surface area contributed by atoms with E-state index in [1.807, 2.05) is 14.0 Å². The van der Waals surface area contributed by atoms with Crippen molar-refractivity contribution >= 4 is 23.7 Å². The lowest BCUT2D eigenvalue weighted by Crippen LogP contribution is -2.24. The van der Waals surface area contributed by atoms with Crippen molar-refractivity contribution < 1.29 is 4.52 Å². The predicted octanol–water partition coefficient (Wildman–Crippen LogP) is 4.36. The first-order valence-corrected chi connectivity index (χ1v) is 8.85. The number of aromatic nitrogens is 3. The van der Waals surface area contributed by atoms with E-state index in [9.17, 15) is 0 Å². The zero-order valence-corrected chi connectivity index (χ0v) is 16.7. The predicted molar refractivity (Wildman–Crippen MR) is 105 cm³/mol. The van der Waals surface area contributed by atoms with Gasteiger partial charge in [0.25, 0.3) is 5.89 Å². The molecule has 5 nitrogen and oxygen atoms in total. The average molecular weight is 379 g/mol. The van der Waals surface area contributed by atoms with E-state index < -0.39 is 0 Å². The van der Waals surface area contributed by atoms with Gasteiger partial charge < -0.3 is 9.84 Å². The molecular weight excluding hydrogens is 356 g/mol. The van der Waals surface area contributed by atoms with Gasteiger partial charge in [-0.15, -0.1) is 23.7 Å². The minimum Gasteiger partial charge on any atom is -0.333 e. The lowest BCUT2D eigenvalue weighted by molar-refractivity contribution is 0.418. The fourth-order valence-electron chi connectivity index (χ4n) is 2.57. The second-order valence-corrected chi connectivity index (χ2v) is 7.16. The maximum absolute atomic E-state index is 5.46. The van der Waals surface area contributed by atoms with Crippen molar-refractivity contribution in [1.82, 2.24) is 20.4 Å². The zero-order valence-electron chi connectivity index (χ0n) is 15.1. The summed E-state index contributed by atoms with van der Waals surface area (Å²) in [4.78, 5) is 10.2. The van der Waals surface area contributed by atoms with E-state index in [2.05, 4.69) is 54.4 Å². The molecule has 0 aliphatic rings. The van der Waals surface area contributed by atoms with Gasteiger partial charge in [0, 0.05) is 18.0 Å². The van der Waals surface area contributed by atoms with Gasteiger partial charge in [-0.3, -0.25) is 0 Å². The molecule has 0 amide bonds. The van der Waals surface area contributed by atoms with E-state index in [-0.39, 0.29) is 12.4 Å². The third-order valence-electron chi connectivity index (χ3n) is 4.05. The molecule has 0 bridgehead atoms. The summed E-state index contributed by atoms with van der Waals surface area (Å²) in [5, 5.41) is 8.25. The molecule has 1 aromatic carbocycles. The van der Waals surface area contributed by atoms with Crippen molar-refractivity contribution in [3.05, 3.63) is 40.8 Å². The summed E-state index contributed by atoms with van der Waals surface area (Å²) in [7, 11) is 1.93. The molecule has 1 atom stereocenters. The molecule has 0 aliphatic heterocycles. The molecule has 0 aliphatic carbocycles. The quantitative estimate of drug-likeness (QED) is 0.714. The summed E-state index contributed by atoms with van der Waals surface area (Å²) in [5.41, 5.74) is 4.56. The molecular formula is C18H23ClN4OS.